The van der Waals surface area contributed by atoms with E-state index in [1.165, 1.54) is 51.5 Å². The number of nitro benzene ring substituents is 1. The summed E-state index contributed by atoms with van der Waals surface area (Å²) in [5.74, 6) is -1.85. The molecule has 0 bridgehead atoms. The predicted molar refractivity (Wildman–Crippen MR) is 97.8 cm³/mol. The summed E-state index contributed by atoms with van der Waals surface area (Å²) in [7, 11) is 2.68. The lowest BCUT2D eigenvalue weighted by molar-refractivity contribution is -0.384. The number of nitrogens with one attached hydrogen (secondary N) is 1. The molecule has 2 aromatic carbocycles. The lowest BCUT2D eigenvalue weighted by atomic mass is 10.2. The van der Waals surface area contributed by atoms with Crippen LogP contribution in [0.1, 0.15) is 17.3 Å². The third-order valence-electron chi connectivity index (χ3n) is 3.75. The molecule has 0 fully saturated rings. The van der Waals surface area contributed by atoms with Gasteiger partial charge in [-0.3, -0.25) is 14.9 Å². The first-order chi connectivity index (χ1) is 13.3. The van der Waals surface area contributed by atoms with Crippen LogP contribution in [0, 0.1) is 10.1 Å². The second-order valence-corrected chi connectivity index (χ2v) is 5.53. The number of phenols is 1. The molecule has 0 aliphatic carbocycles. The number of rotatable bonds is 7. The SMILES string of the molecule is COc1ccc(NC(=O)C(C)OC(=O)c2cccc(OC)c2O)c([N+](=O)[O-])c1. The first kappa shape index (κ1) is 20.5. The highest BCUT2D eigenvalue weighted by Crippen LogP contribution is 2.31. The predicted octanol–water partition coefficient (Wildman–Crippen LogP) is 2.50. The highest BCUT2D eigenvalue weighted by atomic mass is 16.6. The van der Waals surface area contributed by atoms with Crippen molar-refractivity contribution in [2.75, 3.05) is 19.5 Å². The Kier molecular flexibility index (Phi) is 6.38. The van der Waals surface area contributed by atoms with Gasteiger partial charge in [0.05, 0.1) is 25.2 Å². The van der Waals surface area contributed by atoms with Crippen LogP contribution >= 0.6 is 0 Å². The number of ether oxygens (including phenoxy) is 3. The van der Waals surface area contributed by atoms with Crippen molar-refractivity contribution in [3.8, 4) is 17.2 Å². The maximum atomic E-state index is 12.3. The summed E-state index contributed by atoms with van der Waals surface area (Å²) >= 11 is 0. The number of para-hydroxylation sites is 1. The number of hydrogen-bond acceptors (Lipinski definition) is 8. The molecule has 0 saturated heterocycles. The summed E-state index contributed by atoms with van der Waals surface area (Å²) in [6.07, 6.45) is -1.29. The number of carbonyl (C=O) groups is 2. The van der Waals surface area contributed by atoms with E-state index < -0.39 is 28.7 Å². The second kappa shape index (κ2) is 8.71. The molecule has 1 amide bonds. The summed E-state index contributed by atoms with van der Waals surface area (Å²) in [5.41, 5.74) is -0.644. The van der Waals surface area contributed by atoms with Crippen LogP contribution in [0.4, 0.5) is 11.4 Å². The van der Waals surface area contributed by atoms with Gasteiger partial charge in [-0.25, -0.2) is 4.79 Å². The fraction of sp³-hybridized carbons (Fsp3) is 0.222. The maximum Gasteiger partial charge on any atom is 0.342 e. The van der Waals surface area contributed by atoms with Crippen LogP contribution in [0.3, 0.4) is 0 Å². The first-order valence-electron chi connectivity index (χ1n) is 7.98. The van der Waals surface area contributed by atoms with Gasteiger partial charge in [0, 0.05) is 0 Å². The van der Waals surface area contributed by atoms with Crippen molar-refractivity contribution in [2.24, 2.45) is 0 Å². The third kappa shape index (κ3) is 4.47. The molecule has 0 aliphatic heterocycles. The smallest absolute Gasteiger partial charge is 0.342 e. The lowest BCUT2D eigenvalue weighted by Gasteiger charge is -2.15. The van der Waals surface area contributed by atoms with Gasteiger partial charge in [0.2, 0.25) is 0 Å². The van der Waals surface area contributed by atoms with Crippen molar-refractivity contribution in [1.82, 2.24) is 0 Å². The lowest BCUT2D eigenvalue weighted by Crippen LogP contribution is -2.30. The normalized spacial score (nSPS) is 11.2. The van der Waals surface area contributed by atoms with Crippen LogP contribution in [0.15, 0.2) is 36.4 Å². The Balaban J connectivity index is 2.14. The average Bonchev–Trinajstić information content (AvgIpc) is 2.67. The van der Waals surface area contributed by atoms with Gasteiger partial charge in [0.15, 0.2) is 17.6 Å². The van der Waals surface area contributed by atoms with Gasteiger partial charge in [0.1, 0.15) is 17.0 Å². The molecule has 1 unspecified atom stereocenters. The minimum absolute atomic E-state index is 0.0698. The minimum Gasteiger partial charge on any atom is -0.504 e. The van der Waals surface area contributed by atoms with Gasteiger partial charge in [-0.05, 0) is 31.2 Å². The van der Waals surface area contributed by atoms with E-state index in [0.717, 1.165) is 6.07 Å². The number of methoxy groups -OCH3 is 2. The van der Waals surface area contributed by atoms with E-state index in [2.05, 4.69) is 5.32 Å². The Morgan fingerprint density at radius 1 is 1.18 bits per heavy atom. The summed E-state index contributed by atoms with van der Waals surface area (Å²) in [6.45, 7) is 1.29. The van der Waals surface area contributed by atoms with E-state index in [1.807, 2.05) is 0 Å². The Hall–Kier alpha value is -3.82. The summed E-state index contributed by atoms with van der Waals surface area (Å²) in [5, 5.41) is 23.5. The van der Waals surface area contributed by atoms with Gasteiger partial charge in [0.25, 0.3) is 11.6 Å². The van der Waals surface area contributed by atoms with Gasteiger partial charge in [-0.15, -0.1) is 0 Å². The highest BCUT2D eigenvalue weighted by molar-refractivity contribution is 5.99. The molecule has 2 N–H and O–H groups in total. The van der Waals surface area contributed by atoms with Gasteiger partial charge < -0.3 is 24.6 Å². The van der Waals surface area contributed by atoms with Crippen molar-refractivity contribution in [2.45, 2.75) is 13.0 Å². The molecule has 0 saturated carbocycles. The summed E-state index contributed by atoms with van der Waals surface area (Å²) in [6, 6.07) is 8.12. The molecule has 2 aromatic rings. The van der Waals surface area contributed by atoms with E-state index >= 15 is 0 Å². The molecule has 0 heterocycles. The van der Waals surface area contributed by atoms with Crippen molar-refractivity contribution < 1.29 is 33.8 Å². The Morgan fingerprint density at radius 3 is 2.50 bits per heavy atom. The zero-order valence-corrected chi connectivity index (χ0v) is 15.3. The Bertz CT molecular complexity index is 912. The first-order valence-corrected chi connectivity index (χ1v) is 7.98. The van der Waals surface area contributed by atoms with E-state index in [-0.39, 0.29) is 28.4 Å². The molecular formula is C18H18N2O8. The summed E-state index contributed by atoms with van der Waals surface area (Å²) < 4.78 is 14.9. The average molecular weight is 390 g/mol. The number of amides is 1. The molecule has 0 aliphatic rings. The highest BCUT2D eigenvalue weighted by Gasteiger charge is 2.24. The molecule has 28 heavy (non-hydrogen) atoms. The fourth-order valence-corrected chi connectivity index (χ4v) is 2.26. The van der Waals surface area contributed by atoms with Crippen molar-refractivity contribution >= 4 is 23.3 Å². The van der Waals surface area contributed by atoms with Gasteiger partial charge in [-0.1, -0.05) is 6.07 Å². The Labute approximate surface area is 159 Å². The molecule has 148 valence electrons. The number of hydrogen-bond donors (Lipinski definition) is 2. The van der Waals surface area contributed by atoms with Gasteiger partial charge >= 0.3 is 5.97 Å². The third-order valence-corrected chi connectivity index (χ3v) is 3.75. The van der Waals surface area contributed by atoms with Crippen molar-refractivity contribution in [3.05, 3.63) is 52.1 Å². The number of nitro groups is 1. The van der Waals surface area contributed by atoms with Crippen LogP contribution in [0.2, 0.25) is 0 Å². The molecular weight excluding hydrogens is 372 g/mol. The standard InChI is InChI=1S/C18H18N2O8/c1-10(28-18(23)12-5-4-6-15(27-3)16(12)21)17(22)19-13-8-7-11(26-2)9-14(13)20(24)25/h4-10,21H,1-3H3,(H,19,22). The minimum atomic E-state index is -1.29. The van der Waals surface area contributed by atoms with E-state index in [4.69, 9.17) is 14.2 Å². The number of esters is 1. The van der Waals surface area contributed by atoms with Crippen LogP contribution in [-0.4, -0.2) is 42.2 Å². The zero-order chi connectivity index (χ0) is 20.8. The van der Waals surface area contributed by atoms with E-state index in [1.54, 1.807) is 0 Å². The van der Waals surface area contributed by atoms with Crippen molar-refractivity contribution in [1.29, 1.82) is 0 Å². The molecule has 10 heteroatoms. The van der Waals surface area contributed by atoms with Crippen LogP contribution in [0.5, 0.6) is 17.2 Å². The molecule has 0 radical (unpaired) electrons. The number of benzene rings is 2. The number of nitrogens with zero attached hydrogens (tertiary/aromatic N) is 1. The maximum absolute atomic E-state index is 12.3. The quantitative estimate of drug-likeness (QED) is 0.418. The van der Waals surface area contributed by atoms with Crippen molar-refractivity contribution in [3.63, 3.8) is 0 Å². The molecule has 2 rings (SSSR count). The molecule has 0 spiro atoms. The monoisotopic (exact) mass is 390 g/mol. The molecule has 1 atom stereocenters. The van der Waals surface area contributed by atoms with Gasteiger partial charge in [-0.2, -0.15) is 0 Å². The summed E-state index contributed by atoms with van der Waals surface area (Å²) in [4.78, 5) is 35.0. The number of anilines is 1. The number of carbonyl (C=O) groups excluding carboxylic acids is 2. The fourth-order valence-electron chi connectivity index (χ4n) is 2.26. The van der Waals surface area contributed by atoms with Crippen LogP contribution < -0.4 is 14.8 Å². The molecule has 0 aromatic heterocycles. The Morgan fingerprint density at radius 2 is 1.89 bits per heavy atom. The largest absolute Gasteiger partial charge is 0.504 e. The van der Waals surface area contributed by atoms with E-state index in [9.17, 15) is 24.8 Å². The number of phenolic OH excluding ortho intramolecular Hbond substituents is 1. The second-order valence-electron chi connectivity index (χ2n) is 5.53. The number of aromatic hydroxyl groups is 1. The zero-order valence-electron chi connectivity index (χ0n) is 15.3. The molecule has 10 nitrogen and oxygen atoms in total. The topological polar surface area (TPSA) is 137 Å². The van der Waals surface area contributed by atoms with Crippen LogP contribution in [-0.2, 0) is 9.53 Å². The van der Waals surface area contributed by atoms with E-state index in [0.29, 0.717) is 0 Å². The van der Waals surface area contributed by atoms with Crippen LogP contribution in [0.25, 0.3) is 0 Å².